The number of benzene rings is 1. The van der Waals surface area contributed by atoms with Crippen LogP contribution in [0.4, 0.5) is 0 Å². The second-order valence-corrected chi connectivity index (χ2v) is 8.48. The van der Waals surface area contributed by atoms with Crippen molar-refractivity contribution in [2.45, 2.75) is 37.8 Å². The maximum absolute atomic E-state index is 12.9. The van der Waals surface area contributed by atoms with Crippen LogP contribution in [0.25, 0.3) is 0 Å². The molecule has 4 nitrogen and oxygen atoms in total. The van der Waals surface area contributed by atoms with Gasteiger partial charge in [-0.3, -0.25) is 0 Å². The van der Waals surface area contributed by atoms with Gasteiger partial charge in [0.25, 0.3) is 0 Å². The Labute approximate surface area is 132 Å². The number of nitrogens with one attached hydrogen (secondary N) is 1. The smallest absolute Gasteiger partial charge is 0.243 e. The van der Waals surface area contributed by atoms with E-state index < -0.39 is 10.0 Å². The summed E-state index contributed by atoms with van der Waals surface area (Å²) in [6.45, 7) is 5.52. The van der Waals surface area contributed by atoms with Crippen LogP contribution in [-0.4, -0.2) is 43.9 Å². The molecule has 118 valence electrons. The van der Waals surface area contributed by atoms with Crippen LogP contribution in [0, 0.1) is 6.92 Å². The molecule has 1 aliphatic heterocycles. The van der Waals surface area contributed by atoms with Crippen molar-refractivity contribution in [3.05, 3.63) is 29.3 Å². The lowest BCUT2D eigenvalue weighted by atomic mass is 10.1. The summed E-state index contributed by atoms with van der Waals surface area (Å²) in [6, 6.07) is 5.67. The Morgan fingerprint density at radius 3 is 2.81 bits per heavy atom. The molecule has 1 aromatic rings. The number of thioether (sulfide) groups is 1. The lowest BCUT2D eigenvalue weighted by Crippen LogP contribution is -2.37. The molecule has 0 saturated carbocycles. The third-order valence-corrected chi connectivity index (χ3v) is 7.24. The Hall–Kier alpha value is -0.560. The predicted molar refractivity (Wildman–Crippen MR) is 89.2 cm³/mol. The molecule has 21 heavy (non-hydrogen) atoms. The second-order valence-electron chi connectivity index (χ2n) is 5.36. The monoisotopic (exact) mass is 328 g/mol. The highest BCUT2D eigenvalue weighted by atomic mass is 32.2. The van der Waals surface area contributed by atoms with E-state index in [-0.39, 0.29) is 6.04 Å². The summed E-state index contributed by atoms with van der Waals surface area (Å²) in [5.41, 5.74) is 1.91. The minimum absolute atomic E-state index is 0.122. The summed E-state index contributed by atoms with van der Waals surface area (Å²) in [6.07, 6.45) is 0.941. The molecule has 0 aromatic heterocycles. The van der Waals surface area contributed by atoms with Crippen molar-refractivity contribution in [2.75, 3.05) is 25.1 Å². The van der Waals surface area contributed by atoms with E-state index in [1.165, 1.54) is 0 Å². The zero-order chi connectivity index (χ0) is 15.5. The lowest BCUT2D eigenvalue weighted by molar-refractivity contribution is 0.394. The molecular formula is C15H24N2O2S2. The van der Waals surface area contributed by atoms with Gasteiger partial charge in [0.05, 0.1) is 4.90 Å². The van der Waals surface area contributed by atoms with E-state index in [0.717, 1.165) is 35.6 Å². The van der Waals surface area contributed by atoms with Crippen LogP contribution in [0.5, 0.6) is 0 Å². The number of nitrogens with zero attached hydrogens (tertiary/aromatic N) is 1. The highest BCUT2D eigenvalue weighted by Gasteiger charge is 2.31. The van der Waals surface area contributed by atoms with E-state index in [1.807, 2.05) is 37.7 Å². The molecule has 1 saturated heterocycles. The van der Waals surface area contributed by atoms with Gasteiger partial charge in [0.1, 0.15) is 0 Å². The van der Waals surface area contributed by atoms with Gasteiger partial charge < -0.3 is 5.32 Å². The fourth-order valence-corrected chi connectivity index (χ4v) is 5.56. The molecule has 1 aromatic carbocycles. The molecule has 1 aliphatic rings. The molecule has 1 unspecified atom stereocenters. The van der Waals surface area contributed by atoms with Crippen molar-refractivity contribution in [1.29, 1.82) is 0 Å². The first kappa shape index (κ1) is 16.8. The summed E-state index contributed by atoms with van der Waals surface area (Å²) < 4.78 is 27.3. The number of sulfonamides is 1. The van der Waals surface area contributed by atoms with Crippen molar-refractivity contribution in [1.82, 2.24) is 9.62 Å². The van der Waals surface area contributed by atoms with Gasteiger partial charge in [-0.2, -0.15) is 16.1 Å². The molecule has 6 heteroatoms. The molecule has 1 heterocycles. The maximum atomic E-state index is 12.9. The first-order valence-electron chi connectivity index (χ1n) is 7.33. The van der Waals surface area contributed by atoms with Crippen LogP contribution in [0.15, 0.2) is 23.1 Å². The quantitative estimate of drug-likeness (QED) is 0.870. The largest absolute Gasteiger partial charge is 0.313 e. The van der Waals surface area contributed by atoms with E-state index >= 15 is 0 Å². The lowest BCUT2D eigenvalue weighted by Gasteiger charge is -2.24. The Balaban J connectivity index is 2.31. The fraction of sp³-hybridized carbons (Fsp3) is 0.600. The third kappa shape index (κ3) is 3.62. The molecule has 0 aliphatic carbocycles. The van der Waals surface area contributed by atoms with Crippen molar-refractivity contribution in [3.8, 4) is 0 Å². The van der Waals surface area contributed by atoms with Gasteiger partial charge in [0.2, 0.25) is 10.0 Å². The van der Waals surface area contributed by atoms with Crippen LogP contribution in [0.1, 0.15) is 24.5 Å². The molecule has 0 amide bonds. The van der Waals surface area contributed by atoms with Crippen molar-refractivity contribution < 1.29 is 8.42 Å². The predicted octanol–water partition coefficient (Wildman–Crippen LogP) is 2.23. The van der Waals surface area contributed by atoms with Crippen LogP contribution < -0.4 is 5.32 Å². The van der Waals surface area contributed by atoms with Crippen LogP contribution in [0.2, 0.25) is 0 Å². The van der Waals surface area contributed by atoms with Gasteiger partial charge in [-0.1, -0.05) is 19.1 Å². The number of rotatable bonds is 6. The fourth-order valence-electron chi connectivity index (χ4n) is 2.55. The molecule has 1 fully saturated rings. The zero-order valence-corrected chi connectivity index (χ0v) is 14.6. The van der Waals surface area contributed by atoms with Gasteiger partial charge in [-0.25, -0.2) is 8.42 Å². The normalized spacial score (nSPS) is 19.3. The Morgan fingerprint density at radius 1 is 1.43 bits per heavy atom. The highest BCUT2D eigenvalue weighted by Crippen LogP contribution is 2.28. The average molecular weight is 329 g/mol. The van der Waals surface area contributed by atoms with Crippen LogP contribution in [0.3, 0.4) is 0 Å². The van der Waals surface area contributed by atoms with Gasteiger partial charge >= 0.3 is 0 Å². The van der Waals surface area contributed by atoms with Gasteiger partial charge in [-0.15, -0.1) is 0 Å². The van der Waals surface area contributed by atoms with E-state index in [9.17, 15) is 8.42 Å². The molecule has 1 N–H and O–H groups in total. The standard InChI is InChI=1S/C15H24N2O2S2/c1-4-16-10-13-6-5-7-15(12(13)2)21(18,19)17(3)14-8-9-20-11-14/h5-7,14,16H,4,8-11H2,1-3H3. The topological polar surface area (TPSA) is 49.4 Å². The van der Waals surface area contributed by atoms with Crippen molar-refractivity contribution in [2.24, 2.45) is 0 Å². The second kappa shape index (κ2) is 7.13. The first-order valence-corrected chi connectivity index (χ1v) is 9.93. The van der Waals surface area contributed by atoms with Crippen molar-refractivity contribution in [3.63, 3.8) is 0 Å². The van der Waals surface area contributed by atoms with Crippen LogP contribution in [-0.2, 0) is 16.6 Å². The Kier molecular flexibility index (Phi) is 5.71. The summed E-state index contributed by atoms with van der Waals surface area (Å²) in [7, 11) is -1.70. The minimum Gasteiger partial charge on any atom is -0.313 e. The zero-order valence-electron chi connectivity index (χ0n) is 12.9. The highest BCUT2D eigenvalue weighted by molar-refractivity contribution is 7.99. The van der Waals surface area contributed by atoms with Gasteiger partial charge in [-0.05, 0) is 42.8 Å². The van der Waals surface area contributed by atoms with E-state index in [0.29, 0.717) is 11.4 Å². The van der Waals surface area contributed by atoms with Crippen LogP contribution >= 0.6 is 11.8 Å². The maximum Gasteiger partial charge on any atom is 0.243 e. The van der Waals surface area contributed by atoms with E-state index in [4.69, 9.17) is 0 Å². The third-order valence-electron chi connectivity index (χ3n) is 4.04. The van der Waals surface area contributed by atoms with Gasteiger partial charge in [0.15, 0.2) is 0 Å². The van der Waals surface area contributed by atoms with Crippen molar-refractivity contribution >= 4 is 21.8 Å². The molecule has 1 atom stereocenters. The summed E-state index contributed by atoms with van der Waals surface area (Å²) >= 11 is 1.82. The summed E-state index contributed by atoms with van der Waals surface area (Å²) in [4.78, 5) is 0.442. The Morgan fingerprint density at radius 2 is 2.19 bits per heavy atom. The minimum atomic E-state index is -3.41. The summed E-state index contributed by atoms with van der Waals surface area (Å²) in [5.74, 6) is 1.94. The first-order chi connectivity index (χ1) is 9.98. The van der Waals surface area contributed by atoms with E-state index in [1.54, 1.807) is 17.4 Å². The Bertz CT molecular complexity index is 581. The number of hydrogen-bond donors (Lipinski definition) is 1. The molecular weight excluding hydrogens is 304 g/mol. The molecule has 0 radical (unpaired) electrons. The molecule has 0 spiro atoms. The summed E-state index contributed by atoms with van der Waals surface area (Å²) in [5, 5.41) is 3.26. The average Bonchev–Trinajstić information content (AvgIpc) is 2.99. The van der Waals surface area contributed by atoms with E-state index in [2.05, 4.69) is 5.32 Å². The number of hydrogen-bond acceptors (Lipinski definition) is 4. The SMILES string of the molecule is CCNCc1cccc(S(=O)(=O)N(C)C2CCSC2)c1C. The van der Waals surface area contributed by atoms with Gasteiger partial charge in [0, 0.05) is 25.4 Å². The molecule has 0 bridgehead atoms. The molecule has 2 rings (SSSR count).